The molecule has 2 amide bonds. The molecular weight excluding hydrogens is 327 g/mol. The second kappa shape index (κ2) is 5.70. The van der Waals surface area contributed by atoms with Crippen molar-refractivity contribution in [3.05, 3.63) is 29.3 Å². The number of alkyl halides is 3. The Labute approximate surface area is 136 Å². The van der Waals surface area contributed by atoms with Crippen LogP contribution in [0.15, 0.2) is 18.2 Å². The molecule has 0 aliphatic carbocycles. The van der Waals surface area contributed by atoms with Crippen LogP contribution in [-0.2, 0) is 15.7 Å². The molecule has 0 aromatic heterocycles. The molecule has 0 bridgehead atoms. The second-order valence-electron chi connectivity index (χ2n) is 5.53. The maximum absolute atomic E-state index is 13.1. The minimum atomic E-state index is -4.73. The van der Waals surface area contributed by atoms with Crippen LogP contribution in [0.3, 0.4) is 0 Å². The summed E-state index contributed by atoms with van der Waals surface area (Å²) in [6.45, 7) is 1.29. The molecule has 6 nitrogen and oxygen atoms in total. The van der Waals surface area contributed by atoms with Gasteiger partial charge in [-0.05, 0) is 25.1 Å². The number of amides is 2. The van der Waals surface area contributed by atoms with Gasteiger partial charge in [-0.2, -0.15) is 18.4 Å². The van der Waals surface area contributed by atoms with Gasteiger partial charge in [0.2, 0.25) is 0 Å². The van der Waals surface area contributed by atoms with Crippen LogP contribution in [0, 0.1) is 11.3 Å². The molecule has 24 heavy (non-hydrogen) atoms. The fraction of sp³-hybridized carbons (Fsp3) is 0.400. The number of methoxy groups -OCH3 is 1. The van der Waals surface area contributed by atoms with Crippen molar-refractivity contribution in [3.8, 4) is 6.07 Å². The number of carbonyl (C=O) groups is 2. The zero-order valence-corrected chi connectivity index (χ0v) is 13.1. The number of anilines is 1. The zero-order valence-electron chi connectivity index (χ0n) is 13.1. The van der Waals surface area contributed by atoms with Crippen molar-refractivity contribution in [2.45, 2.75) is 18.6 Å². The number of halogens is 3. The van der Waals surface area contributed by atoms with Crippen LogP contribution in [-0.4, -0.2) is 43.1 Å². The number of hydrogen-bond acceptors (Lipinski definition) is 4. The van der Waals surface area contributed by atoms with Crippen LogP contribution in [0.1, 0.15) is 18.1 Å². The molecule has 9 heteroatoms. The van der Waals surface area contributed by atoms with Crippen LogP contribution in [0.25, 0.3) is 0 Å². The number of ether oxygens (including phenoxy) is 1. The Morgan fingerprint density at radius 1 is 1.42 bits per heavy atom. The fourth-order valence-electron chi connectivity index (χ4n) is 2.53. The Balaban J connectivity index is 2.49. The molecule has 1 aromatic rings. The van der Waals surface area contributed by atoms with E-state index in [0.29, 0.717) is 0 Å². The SMILES string of the molecule is COC(=O)[C@@]1(C)CN(c2ccc(C#N)c(C(F)(F)F)c2)C(=O)N1C. The summed E-state index contributed by atoms with van der Waals surface area (Å²) in [5.74, 6) is -0.675. The highest BCUT2D eigenvalue weighted by atomic mass is 19.4. The average Bonchev–Trinajstić information content (AvgIpc) is 2.78. The van der Waals surface area contributed by atoms with Gasteiger partial charge >= 0.3 is 18.2 Å². The average molecular weight is 341 g/mol. The van der Waals surface area contributed by atoms with Crippen LogP contribution >= 0.6 is 0 Å². The van der Waals surface area contributed by atoms with Crippen LogP contribution in [0.5, 0.6) is 0 Å². The molecule has 0 N–H and O–H groups in total. The fourth-order valence-corrected chi connectivity index (χ4v) is 2.53. The number of benzene rings is 1. The monoisotopic (exact) mass is 341 g/mol. The van der Waals surface area contributed by atoms with Gasteiger partial charge in [-0.25, -0.2) is 9.59 Å². The summed E-state index contributed by atoms with van der Waals surface area (Å²) in [7, 11) is 2.53. The standard InChI is InChI=1S/C15H14F3N3O3/c1-14(12(22)24-3)8-21(13(23)20(14)2)10-5-4-9(7-19)11(6-10)15(16,17)18/h4-6H,8H2,1-3H3/t14-/m1/s1. The summed E-state index contributed by atoms with van der Waals surface area (Å²) in [6, 6.07) is 3.80. The molecule has 1 fully saturated rings. The normalized spacial score (nSPS) is 21.0. The van der Waals surface area contributed by atoms with E-state index in [1.165, 1.54) is 26.1 Å². The highest BCUT2D eigenvalue weighted by Gasteiger charge is 2.51. The summed E-state index contributed by atoms with van der Waals surface area (Å²) < 4.78 is 43.9. The van der Waals surface area contributed by atoms with Gasteiger partial charge in [0.15, 0.2) is 5.54 Å². The number of hydrogen-bond donors (Lipinski definition) is 0. The molecule has 0 saturated carbocycles. The quantitative estimate of drug-likeness (QED) is 0.774. The summed E-state index contributed by atoms with van der Waals surface area (Å²) >= 11 is 0. The Morgan fingerprint density at radius 2 is 2.04 bits per heavy atom. The first-order valence-corrected chi connectivity index (χ1v) is 6.81. The maximum atomic E-state index is 13.1. The van der Waals surface area contributed by atoms with E-state index in [4.69, 9.17) is 5.26 Å². The summed E-state index contributed by atoms with van der Waals surface area (Å²) in [4.78, 5) is 26.4. The Bertz CT molecular complexity index is 742. The Kier molecular flexibility index (Phi) is 4.18. The summed E-state index contributed by atoms with van der Waals surface area (Å²) in [6.07, 6.45) is -4.73. The van der Waals surface area contributed by atoms with Crippen LogP contribution < -0.4 is 4.90 Å². The lowest BCUT2D eigenvalue weighted by Gasteiger charge is -2.26. The lowest BCUT2D eigenvalue weighted by molar-refractivity contribution is -0.150. The van der Waals surface area contributed by atoms with Gasteiger partial charge in [0.05, 0.1) is 30.9 Å². The molecule has 1 atom stereocenters. The van der Waals surface area contributed by atoms with Gasteiger partial charge < -0.3 is 9.64 Å². The predicted octanol–water partition coefficient (Wildman–Crippen LogP) is 2.38. The third-order valence-corrected chi connectivity index (χ3v) is 4.09. The van der Waals surface area contributed by atoms with Gasteiger partial charge in [0, 0.05) is 12.7 Å². The molecule has 0 unspecified atom stereocenters. The van der Waals surface area contributed by atoms with Crippen molar-refractivity contribution in [2.75, 3.05) is 25.6 Å². The van der Waals surface area contributed by atoms with E-state index in [9.17, 15) is 22.8 Å². The van der Waals surface area contributed by atoms with Gasteiger partial charge in [-0.3, -0.25) is 4.90 Å². The smallest absolute Gasteiger partial charge is 0.417 e. The first-order valence-electron chi connectivity index (χ1n) is 6.81. The highest BCUT2D eigenvalue weighted by molar-refractivity contribution is 6.01. The van der Waals surface area contributed by atoms with Crippen molar-refractivity contribution >= 4 is 17.7 Å². The topological polar surface area (TPSA) is 73.6 Å². The van der Waals surface area contributed by atoms with Crippen molar-refractivity contribution in [3.63, 3.8) is 0 Å². The molecule has 2 rings (SSSR count). The third-order valence-electron chi connectivity index (χ3n) is 4.09. The number of urea groups is 1. The first-order chi connectivity index (χ1) is 11.1. The molecule has 1 saturated heterocycles. The third kappa shape index (κ3) is 2.64. The minimum Gasteiger partial charge on any atom is -0.467 e. The zero-order chi connectivity index (χ0) is 18.3. The number of esters is 1. The number of likely N-dealkylation sites (N-methyl/N-ethyl adjacent to an activating group) is 1. The van der Waals surface area contributed by atoms with Crippen molar-refractivity contribution in [1.82, 2.24) is 4.90 Å². The Hall–Kier alpha value is -2.76. The minimum absolute atomic E-state index is 0.0502. The van der Waals surface area contributed by atoms with E-state index in [0.717, 1.165) is 29.0 Å². The second-order valence-corrected chi connectivity index (χ2v) is 5.53. The summed E-state index contributed by atoms with van der Waals surface area (Å²) in [5.41, 5.74) is -3.05. The molecule has 0 radical (unpaired) electrons. The van der Waals surface area contributed by atoms with Gasteiger partial charge in [-0.1, -0.05) is 0 Å². The van der Waals surface area contributed by atoms with E-state index in [2.05, 4.69) is 4.74 Å². The van der Waals surface area contributed by atoms with Crippen molar-refractivity contribution < 1.29 is 27.5 Å². The van der Waals surface area contributed by atoms with Crippen LogP contribution in [0.4, 0.5) is 23.7 Å². The lowest BCUT2D eigenvalue weighted by atomic mass is 10.0. The molecule has 128 valence electrons. The highest BCUT2D eigenvalue weighted by Crippen LogP contribution is 2.37. The van der Waals surface area contributed by atoms with E-state index in [1.54, 1.807) is 0 Å². The maximum Gasteiger partial charge on any atom is 0.417 e. The number of nitriles is 1. The van der Waals surface area contributed by atoms with Crippen LogP contribution in [0.2, 0.25) is 0 Å². The van der Waals surface area contributed by atoms with Crippen molar-refractivity contribution in [1.29, 1.82) is 5.26 Å². The molecule has 1 aliphatic rings. The van der Waals surface area contributed by atoms with Gasteiger partial charge in [-0.15, -0.1) is 0 Å². The largest absolute Gasteiger partial charge is 0.467 e. The van der Waals surface area contributed by atoms with E-state index in [-0.39, 0.29) is 12.2 Å². The van der Waals surface area contributed by atoms with Crippen molar-refractivity contribution in [2.24, 2.45) is 0 Å². The first kappa shape index (κ1) is 17.6. The lowest BCUT2D eigenvalue weighted by Crippen LogP contribution is -2.49. The van der Waals surface area contributed by atoms with E-state index < -0.39 is 34.8 Å². The molecule has 1 aromatic carbocycles. The number of carbonyl (C=O) groups excluding carboxylic acids is 2. The molecule has 1 aliphatic heterocycles. The molecule has 0 spiro atoms. The van der Waals surface area contributed by atoms with Gasteiger partial charge in [0.25, 0.3) is 0 Å². The summed E-state index contributed by atoms with van der Waals surface area (Å²) in [5, 5.41) is 8.82. The molecule has 1 heterocycles. The predicted molar refractivity (Wildman–Crippen MR) is 77.1 cm³/mol. The van der Waals surface area contributed by atoms with E-state index >= 15 is 0 Å². The Morgan fingerprint density at radius 3 is 2.54 bits per heavy atom. The molecular formula is C15H14F3N3O3. The number of rotatable bonds is 2. The number of nitrogens with zero attached hydrogens (tertiary/aromatic N) is 3. The van der Waals surface area contributed by atoms with Gasteiger partial charge in [0.1, 0.15) is 0 Å². The van der Waals surface area contributed by atoms with E-state index in [1.807, 2.05) is 0 Å².